The third-order valence-electron chi connectivity index (χ3n) is 3.14. The summed E-state index contributed by atoms with van der Waals surface area (Å²) in [6, 6.07) is -1.41. The van der Waals surface area contributed by atoms with E-state index >= 15 is 0 Å². The summed E-state index contributed by atoms with van der Waals surface area (Å²) in [5.41, 5.74) is 0. The van der Waals surface area contributed by atoms with Crippen molar-refractivity contribution in [3.63, 3.8) is 0 Å². The predicted octanol–water partition coefficient (Wildman–Crippen LogP) is 0.200. The highest BCUT2D eigenvalue weighted by Gasteiger charge is 2.41. The van der Waals surface area contributed by atoms with Gasteiger partial charge in [-0.15, -0.1) is 0 Å². The number of nitrogens with one attached hydrogen (secondary N) is 1. The van der Waals surface area contributed by atoms with Gasteiger partial charge >= 0.3 is 17.9 Å². The van der Waals surface area contributed by atoms with Gasteiger partial charge in [-0.2, -0.15) is 0 Å². The van der Waals surface area contributed by atoms with E-state index in [0.717, 1.165) is 14.2 Å². The first-order valence-corrected chi connectivity index (χ1v) is 6.83. The lowest BCUT2D eigenvalue weighted by atomic mass is 9.87. The lowest BCUT2D eigenvalue weighted by Gasteiger charge is -2.26. The molecule has 8 nitrogen and oxygen atoms in total. The second-order valence-electron chi connectivity index (χ2n) is 5.36. The van der Waals surface area contributed by atoms with Gasteiger partial charge in [-0.3, -0.25) is 14.4 Å². The normalized spacial score (nSPS) is 13.4. The second kappa shape index (κ2) is 9.01. The summed E-state index contributed by atoms with van der Waals surface area (Å²) in [4.78, 5) is 46.6. The van der Waals surface area contributed by atoms with E-state index in [4.69, 9.17) is 0 Å². The van der Waals surface area contributed by atoms with Gasteiger partial charge in [0.25, 0.3) is 0 Å². The Balaban J connectivity index is 5.28. The maximum absolute atomic E-state index is 11.8. The van der Waals surface area contributed by atoms with E-state index in [9.17, 15) is 24.3 Å². The molecule has 0 unspecified atom stereocenters. The summed E-state index contributed by atoms with van der Waals surface area (Å²) in [5, 5.41) is 11.6. The van der Waals surface area contributed by atoms with Crippen LogP contribution in [0.3, 0.4) is 0 Å². The predicted molar refractivity (Wildman–Crippen MR) is 75.7 cm³/mol. The van der Waals surface area contributed by atoms with Gasteiger partial charge in [0.1, 0.15) is 6.04 Å². The Morgan fingerprint density at radius 3 is 1.77 bits per heavy atom. The molecule has 8 heteroatoms. The van der Waals surface area contributed by atoms with E-state index in [-0.39, 0.29) is 12.3 Å². The molecule has 0 rings (SSSR count). The third kappa shape index (κ3) is 5.71. The van der Waals surface area contributed by atoms with Crippen molar-refractivity contribution in [2.45, 2.75) is 33.2 Å². The average Bonchev–Trinajstić information content (AvgIpc) is 2.42. The Morgan fingerprint density at radius 2 is 1.45 bits per heavy atom. The molecular formula is C14H23NO7. The summed E-state index contributed by atoms with van der Waals surface area (Å²) in [6.45, 7) is 4.99. The van der Waals surface area contributed by atoms with Crippen LogP contribution in [0, 0.1) is 17.8 Å². The standard InChI is InChI=1S/C14H23NO7/c1-7(2)6-9(16)15-11(12(17)18)8(3)10(13(19)21-4)14(20)22-5/h7-8,10-11H,6H2,1-5H3,(H,15,16)(H,17,18)/t8-,11+/m1/s1. The third-order valence-corrected chi connectivity index (χ3v) is 3.14. The highest BCUT2D eigenvalue weighted by atomic mass is 16.5. The van der Waals surface area contributed by atoms with Gasteiger partial charge in [-0.05, 0) is 5.92 Å². The smallest absolute Gasteiger partial charge is 0.326 e. The fraction of sp³-hybridized carbons (Fsp3) is 0.714. The molecule has 1 amide bonds. The minimum Gasteiger partial charge on any atom is -0.480 e. The molecule has 0 aliphatic carbocycles. The molecule has 0 aliphatic rings. The molecule has 0 aliphatic heterocycles. The summed E-state index contributed by atoms with van der Waals surface area (Å²) < 4.78 is 9.02. The summed E-state index contributed by atoms with van der Waals surface area (Å²) in [6.07, 6.45) is 0.137. The molecule has 0 saturated carbocycles. The molecule has 126 valence electrons. The number of ether oxygens (including phenoxy) is 2. The minimum atomic E-state index is -1.43. The van der Waals surface area contributed by atoms with Crippen LogP contribution in [-0.4, -0.2) is 49.2 Å². The topological polar surface area (TPSA) is 119 Å². The number of amides is 1. The maximum atomic E-state index is 11.8. The summed E-state index contributed by atoms with van der Waals surface area (Å²) in [7, 11) is 2.16. The lowest BCUT2D eigenvalue weighted by Crippen LogP contribution is -2.50. The number of aliphatic carboxylic acids is 1. The first kappa shape index (κ1) is 19.9. The largest absolute Gasteiger partial charge is 0.480 e. The number of carboxylic acids is 1. The van der Waals surface area contributed by atoms with Crippen LogP contribution in [0.15, 0.2) is 0 Å². The van der Waals surface area contributed by atoms with E-state index in [1.54, 1.807) is 0 Å². The van der Waals surface area contributed by atoms with Gasteiger partial charge in [-0.25, -0.2) is 4.79 Å². The molecule has 0 fully saturated rings. The molecule has 0 aromatic heterocycles. The van der Waals surface area contributed by atoms with Crippen LogP contribution in [-0.2, 0) is 28.7 Å². The maximum Gasteiger partial charge on any atom is 0.326 e. The number of carboxylic acid groups (broad SMARTS) is 1. The van der Waals surface area contributed by atoms with Crippen LogP contribution in [0.2, 0.25) is 0 Å². The van der Waals surface area contributed by atoms with Crippen LogP contribution in [0.5, 0.6) is 0 Å². The van der Waals surface area contributed by atoms with Crippen molar-refractivity contribution in [2.24, 2.45) is 17.8 Å². The first-order chi connectivity index (χ1) is 10.1. The molecule has 2 N–H and O–H groups in total. The molecule has 0 heterocycles. The summed E-state index contributed by atoms with van der Waals surface area (Å²) >= 11 is 0. The number of hydrogen-bond acceptors (Lipinski definition) is 6. The minimum absolute atomic E-state index is 0.0433. The van der Waals surface area contributed by atoms with Gasteiger partial charge in [0.2, 0.25) is 5.91 Å². The van der Waals surface area contributed by atoms with Crippen molar-refractivity contribution in [1.29, 1.82) is 0 Å². The monoisotopic (exact) mass is 317 g/mol. The first-order valence-electron chi connectivity index (χ1n) is 6.83. The molecule has 0 bridgehead atoms. The zero-order valence-corrected chi connectivity index (χ0v) is 13.4. The van der Waals surface area contributed by atoms with Crippen LogP contribution >= 0.6 is 0 Å². The Labute approximate surface area is 129 Å². The van der Waals surface area contributed by atoms with Crippen LogP contribution in [0.25, 0.3) is 0 Å². The highest BCUT2D eigenvalue weighted by molar-refractivity contribution is 5.96. The molecule has 0 spiro atoms. The van der Waals surface area contributed by atoms with Crippen molar-refractivity contribution in [3.8, 4) is 0 Å². The Kier molecular flexibility index (Phi) is 8.14. The summed E-state index contributed by atoms with van der Waals surface area (Å²) in [5.74, 6) is -6.07. The Bertz CT molecular complexity index is 417. The highest BCUT2D eigenvalue weighted by Crippen LogP contribution is 2.20. The molecule has 0 radical (unpaired) electrons. The van der Waals surface area contributed by atoms with Crippen molar-refractivity contribution in [2.75, 3.05) is 14.2 Å². The molecule has 0 aromatic rings. The molecule has 22 heavy (non-hydrogen) atoms. The molecule has 0 aromatic carbocycles. The van der Waals surface area contributed by atoms with Gasteiger partial charge in [0.15, 0.2) is 5.92 Å². The second-order valence-corrected chi connectivity index (χ2v) is 5.36. The number of methoxy groups -OCH3 is 2. The van der Waals surface area contributed by atoms with Crippen molar-refractivity contribution in [3.05, 3.63) is 0 Å². The fourth-order valence-electron chi connectivity index (χ4n) is 1.99. The molecular weight excluding hydrogens is 294 g/mol. The SMILES string of the molecule is COC(=O)C(C(=O)OC)[C@@H](C)[C@H](NC(=O)CC(C)C)C(=O)O. The van der Waals surface area contributed by atoms with E-state index in [1.807, 2.05) is 13.8 Å². The van der Waals surface area contributed by atoms with Gasteiger partial charge in [0.05, 0.1) is 14.2 Å². The molecule has 0 saturated heterocycles. The number of esters is 2. The van der Waals surface area contributed by atoms with Crippen molar-refractivity contribution in [1.82, 2.24) is 5.32 Å². The van der Waals surface area contributed by atoms with E-state index in [2.05, 4.69) is 14.8 Å². The van der Waals surface area contributed by atoms with Crippen LogP contribution in [0.1, 0.15) is 27.2 Å². The fourth-order valence-corrected chi connectivity index (χ4v) is 1.99. The average molecular weight is 317 g/mol. The van der Waals surface area contributed by atoms with Crippen LogP contribution in [0.4, 0.5) is 0 Å². The van der Waals surface area contributed by atoms with E-state index in [1.165, 1.54) is 6.92 Å². The van der Waals surface area contributed by atoms with E-state index in [0.29, 0.717) is 0 Å². The zero-order chi connectivity index (χ0) is 17.4. The number of hydrogen-bond donors (Lipinski definition) is 2. The number of carbonyl (C=O) groups excluding carboxylic acids is 3. The van der Waals surface area contributed by atoms with Gasteiger partial charge in [-0.1, -0.05) is 20.8 Å². The zero-order valence-electron chi connectivity index (χ0n) is 13.4. The van der Waals surface area contributed by atoms with E-state index < -0.39 is 41.7 Å². The molecule has 2 atom stereocenters. The lowest BCUT2D eigenvalue weighted by molar-refractivity contribution is -0.163. The van der Waals surface area contributed by atoms with Crippen molar-refractivity contribution >= 4 is 23.8 Å². The van der Waals surface area contributed by atoms with Crippen molar-refractivity contribution < 1.29 is 33.8 Å². The number of rotatable bonds is 8. The number of carbonyl (C=O) groups is 4. The van der Waals surface area contributed by atoms with Gasteiger partial charge < -0.3 is 19.9 Å². The quantitative estimate of drug-likeness (QED) is 0.485. The van der Waals surface area contributed by atoms with Crippen LogP contribution < -0.4 is 5.32 Å². The Hall–Kier alpha value is -2.12. The Morgan fingerprint density at radius 1 is 1.00 bits per heavy atom. The van der Waals surface area contributed by atoms with Gasteiger partial charge in [0, 0.05) is 12.3 Å².